The van der Waals surface area contributed by atoms with Crippen molar-refractivity contribution in [2.45, 2.75) is 59.3 Å². The second-order valence-electron chi connectivity index (χ2n) is 5.96. The molecule has 4 heteroatoms. The van der Waals surface area contributed by atoms with Crippen molar-refractivity contribution in [3.63, 3.8) is 0 Å². The Bertz CT molecular complexity index is 415. The fourth-order valence-electron chi connectivity index (χ4n) is 2.61. The predicted molar refractivity (Wildman–Crippen MR) is 80.7 cm³/mol. The van der Waals surface area contributed by atoms with E-state index >= 15 is 0 Å². The minimum Gasteiger partial charge on any atom is -0.463 e. The summed E-state index contributed by atoms with van der Waals surface area (Å²) in [6.45, 7) is 13.0. The van der Waals surface area contributed by atoms with E-state index in [0.717, 1.165) is 50.8 Å². The third-order valence-corrected chi connectivity index (χ3v) is 3.92. The van der Waals surface area contributed by atoms with Crippen LogP contribution in [0.25, 0.3) is 0 Å². The number of furan rings is 1. The van der Waals surface area contributed by atoms with E-state index in [1.165, 1.54) is 5.56 Å². The highest BCUT2D eigenvalue weighted by Gasteiger charge is 2.22. The van der Waals surface area contributed by atoms with Gasteiger partial charge in [0.05, 0.1) is 26.3 Å². The molecule has 1 aliphatic heterocycles. The Hall–Kier alpha value is -0.840. The zero-order valence-electron chi connectivity index (χ0n) is 13.2. The predicted octanol–water partition coefficient (Wildman–Crippen LogP) is 2.70. The molecule has 1 N–H and O–H groups in total. The molecule has 0 aromatic carbocycles. The molecular formula is C16H28N2O2. The largest absolute Gasteiger partial charge is 0.463 e. The minimum atomic E-state index is 0.478. The van der Waals surface area contributed by atoms with Crippen LogP contribution in [0.15, 0.2) is 10.5 Å². The molecule has 0 saturated carbocycles. The molecule has 0 radical (unpaired) electrons. The van der Waals surface area contributed by atoms with Crippen LogP contribution in [0.1, 0.15) is 44.3 Å². The second kappa shape index (κ2) is 7.25. The van der Waals surface area contributed by atoms with Crippen molar-refractivity contribution in [1.29, 1.82) is 0 Å². The van der Waals surface area contributed by atoms with Gasteiger partial charge in [0.1, 0.15) is 11.5 Å². The average molecular weight is 280 g/mol. The molecule has 0 spiro atoms. The number of hydrogen-bond acceptors (Lipinski definition) is 4. The number of ether oxygens (including phenoxy) is 1. The van der Waals surface area contributed by atoms with Gasteiger partial charge < -0.3 is 14.5 Å². The summed E-state index contributed by atoms with van der Waals surface area (Å²) in [5.74, 6) is 2.14. The number of aryl methyl sites for hydroxylation is 1. The van der Waals surface area contributed by atoms with Gasteiger partial charge in [-0.05, 0) is 25.0 Å². The van der Waals surface area contributed by atoms with Gasteiger partial charge in [-0.25, -0.2) is 0 Å². The van der Waals surface area contributed by atoms with E-state index in [1.807, 2.05) is 0 Å². The molecule has 2 heterocycles. The van der Waals surface area contributed by atoms with E-state index in [-0.39, 0.29) is 0 Å². The van der Waals surface area contributed by atoms with Gasteiger partial charge in [0.15, 0.2) is 0 Å². The lowest BCUT2D eigenvalue weighted by molar-refractivity contribution is -0.0155. The Labute approximate surface area is 122 Å². The third kappa shape index (κ3) is 4.08. The highest BCUT2D eigenvalue weighted by atomic mass is 16.5. The normalized spacial score (nSPS) is 20.8. The summed E-state index contributed by atoms with van der Waals surface area (Å²) in [5, 5.41) is 3.41. The lowest BCUT2D eigenvalue weighted by atomic mass is 10.1. The topological polar surface area (TPSA) is 37.6 Å². The van der Waals surface area contributed by atoms with Crippen LogP contribution < -0.4 is 5.32 Å². The molecule has 1 saturated heterocycles. The lowest BCUT2D eigenvalue weighted by Gasteiger charge is -2.34. The summed E-state index contributed by atoms with van der Waals surface area (Å²) < 4.78 is 11.6. The van der Waals surface area contributed by atoms with Crippen LogP contribution in [-0.4, -0.2) is 36.7 Å². The number of morpholine rings is 1. The Balaban J connectivity index is 1.96. The summed E-state index contributed by atoms with van der Waals surface area (Å²) in [5.41, 5.74) is 1.24. The van der Waals surface area contributed by atoms with Crippen molar-refractivity contribution in [3.05, 3.63) is 23.2 Å². The van der Waals surface area contributed by atoms with E-state index in [4.69, 9.17) is 9.15 Å². The molecule has 0 aliphatic carbocycles. The van der Waals surface area contributed by atoms with Crippen molar-refractivity contribution >= 4 is 0 Å². The number of nitrogens with zero attached hydrogens (tertiary/aromatic N) is 1. The maximum Gasteiger partial charge on any atom is 0.120 e. The first-order valence-electron chi connectivity index (χ1n) is 7.73. The first kappa shape index (κ1) is 15.5. The van der Waals surface area contributed by atoms with Gasteiger partial charge in [-0.15, -0.1) is 0 Å². The number of nitrogens with one attached hydrogen (secondary N) is 1. The highest BCUT2D eigenvalue weighted by molar-refractivity contribution is 5.20. The standard InChI is InChI=1S/C16H28N2O2/c1-5-14-11-19-7-6-18(14)10-15-8-13(4)16(20-15)9-17-12(2)3/h8,12,14,17H,5-7,9-11H2,1-4H3. The summed E-state index contributed by atoms with van der Waals surface area (Å²) in [4.78, 5) is 2.47. The van der Waals surface area contributed by atoms with Crippen molar-refractivity contribution in [2.24, 2.45) is 0 Å². The van der Waals surface area contributed by atoms with Crippen LogP contribution in [0.3, 0.4) is 0 Å². The molecule has 4 nitrogen and oxygen atoms in total. The molecule has 20 heavy (non-hydrogen) atoms. The van der Waals surface area contributed by atoms with E-state index in [1.54, 1.807) is 0 Å². The Kier molecular flexibility index (Phi) is 5.64. The van der Waals surface area contributed by atoms with E-state index in [9.17, 15) is 0 Å². The van der Waals surface area contributed by atoms with Crippen LogP contribution >= 0.6 is 0 Å². The summed E-state index contributed by atoms with van der Waals surface area (Å²) in [6, 6.07) is 3.18. The highest BCUT2D eigenvalue weighted by Crippen LogP contribution is 2.19. The van der Waals surface area contributed by atoms with Crippen molar-refractivity contribution < 1.29 is 9.15 Å². The number of hydrogen-bond donors (Lipinski definition) is 1. The molecule has 114 valence electrons. The van der Waals surface area contributed by atoms with E-state index in [2.05, 4.69) is 44.0 Å². The van der Waals surface area contributed by atoms with Gasteiger partial charge in [-0.3, -0.25) is 4.90 Å². The summed E-state index contributed by atoms with van der Waals surface area (Å²) in [7, 11) is 0. The van der Waals surface area contributed by atoms with Gasteiger partial charge >= 0.3 is 0 Å². The lowest BCUT2D eigenvalue weighted by Crippen LogP contribution is -2.44. The maximum atomic E-state index is 6.02. The van der Waals surface area contributed by atoms with Crippen LogP contribution in [0.4, 0.5) is 0 Å². The average Bonchev–Trinajstić information content (AvgIpc) is 2.77. The molecule has 1 unspecified atom stereocenters. The van der Waals surface area contributed by atoms with E-state index < -0.39 is 0 Å². The fraction of sp³-hybridized carbons (Fsp3) is 0.750. The number of rotatable bonds is 6. The summed E-state index contributed by atoms with van der Waals surface area (Å²) >= 11 is 0. The van der Waals surface area contributed by atoms with Gasteiger partial charge in [-0.2, -0.15) is 0 Å². The Morgan fingerprint density at radius 3 is 2.95 bits per heavy atom. The van der Waals surface area contributed by atoms with Crippen molar-refractivity contribution in [3.8, 4) is 0 Å². The fourth-order valence-corrected chi connectivity index (χ4v) is 2.61. The molecule has 1 aromatic rings. The molecule has 2 rings (SSSR count). The molecule has 1 fully saturated rings. The molecule has 0 amide bonds. The molecule has 1 aliphatic rings. The zero-order valence-corrected chi connectivity index (χ0v) is 13.2. The van der Waals surface area contributed by atoms with Crippen molar-refractivity contribution in [1.82, 2.24) is 10.2 Å². The maximum absolute atomic E-state index is 6.02. The monoisotopic (exact) mass is 280 g/mol. The van der Waals surface area contributed by atoms with Gasteiger partial charge in [-0.1, -0.05) is 20.8 Å². The van der Waals surface area contributed by atoms with Crippen molar-refractivity contribution in [2.75, 3.05) is 19.8 Å². The SMILES string of the molecule is CCC1COCCN1Cc1cc(C)c(CNC(C)C)o1. The molecule has 1 atom stereocenters. The summed E-state index contributed by atoms with van der Waals surface area (Å²) in [6.07, 6.45) is 1.13. The first-order chi connectivity index (χ1) is 9.60. The quantitative estimate of drug-likeness (QED) is 0.869. The second-order valence-corrected chi connectivity index (χ2v) is 5.96. The van der Waals surface area contributed by atoms with Crippen LogP contribution in [0, 0.1) is 6.92 Å². The van der Waals surface area contributed by atoms with Crippen LogP contribution in [0.5, 0.6) is 0 Å². The Morgan fingerprint density at radius 2 is 2.25 bits per heavy atom. The third-order valence-electron chi connectivity index (χ3n) is 3.92. The van der Waals surface area contributed by atoms with E-state index in [0.29, 0.717) is 12.1 Å². The molecular weight excluding hydrogens is 252 g/mol. The Morgan fingerprint density at radius 1 is 1.45 bits per heavy atom. The minimum absolute atomic E-state index is 0.478. The van der Waals surface area contributed by atoms with Gasteiger partial charge in [0, 0.05) is 18.6 Å². The smallest absolute Gasteiger partial charge is 0.120 e. The molecule has 1 aromatic heterocycles. The van der Waals surface area contributed by atoms with Crippen LogP contribution in [-0.2, 0) is 17.8 Å². The van der Waals surface area contributed by atoms with Gasteiger partial charge in [0.25, 0.3) is 0 Å². The molecule has 0 bridgehead atoms. The van der Waals surface area contributed by atoms with Crippen LogP contribution in [0.2, 0.25) is 0 Å². The first-order valence-corrected chi connectivity index (χ1v) is 7.73. The van der Waals surface area contributed by atoms with Gasteiger partial charge in [0.2, 0.25) is 0 Å². The zero-order chi connectivity index (χ0) is 14.5.